The number of likely N-dealkylation sites (tertiary alicyclic amines) is 1. The first-order valence-electron chi connectivity index (χ1n) is 9.07. The zero-order valence-corrected chi connectivity index (χ0v) is 15.6. The lowest BCUT2D eigenvalue weighted by atomic mass is 9.96. The van der Waals surface area contributed by atoms with Crippen LogP contribution in [0.25, 0.3) is 0 Å². The summed E-state index contributed by atoms with van der Waals surface area (Å²) in [4.78, 5) is 26.8. The van der Waals surface area contributed by atoms with Crippen molar-refractivity contribution in [3.05, 3.63) is 29.8 Å². The van der Waals surface area contributed by atoms with Gasteiger partial charge in [0.25, 0.3) is 0 Å². The molecule has 1 saturated heterocycles. The molecule has 3 rings (SSSR count). The lowest BCUT2D eigenvalue weighted by Gasteiger charge is -2.32. The van der Waals surface area contributed by atoms with Crippen molar-refractivity contribution in [2.45, 2.75) is 39.2 Å². The molecule has 2 amide bonds. The molecular formula is C19H28ClN3O2. The van der Waals surface area contributed by atoms with E-state index in [9.17, 15) is 9.59 Å². The van der Waals surface area contributed by atoms with Gasteiger partial charge < -0.3 is 15.5 Å². The Hall–Kier alpha value is -1.59. The molecule has 1 aromatic rings. The van der Waals surface area contributed by atoms with Crippen LogP contribution in [0.2, 0.25) is 0 Å². The number of benzene rings is 1. The second kappa shape index (κ2) is 9.20. The van der Waals surface area contributed by atoms with E-state index in [4.69, 9.17) is 0 Å². The number of piperidine rings is 1. The maximum absolute atomic E-state index is 12.7. The molecule has 5 nitrogen and oxygen atoms in total. The van der Waals surface area contributed by atoms with E-state index >= 15 is 0 Å². The van der Waals surface area contributed by atoms with Crippen LogP contribution in [0.5, 0.6) is 0 Å². The zero-order valence-electron chi connectivity index (χ0n) is 14.8. The molecular weight excluding hydrogens is 338 g/mol. The number of rotatable bonds is 6. The van der Waals surface area contributed by atoms with Gasteiger partial charge in [-0.1, -0.05) is 25.1 Å². The van der Waals surface area contributed by atoms with E-state index < -0.39 is 0 Å². The Kier molecular flexibility index (Phi) is 7.26. The number of carbonyl (C=O) groups excluding carboxylic acids is 2. The smallest absolute Gasteiger partial charge is 0.229 e. The molecule has 0 spiro atoms. The van der Waals surface area contributed by atoms with E-state index in [0.717, 1.165) is 56.6 Å². The highest BCUT2D eigenvalue weighted by Gasteiger charge is 2.36. The van der Waals surface area contributed by atoms with Crippen molar-refractivity contribution in [2.75, 3.05) is 25.0 Å². The summed E-state index contributed by atoms with van der Waals surface area (Å²) in [7, 11) is 0. The van der Waals surface area contributed by atoms with Crippen molar-refractivity contribution < 1.29 is 9.59 Å². The Bertz CT molecular complexity index is 604. The van der Waals surface area contributed by atoms with E-state index in [-0.39, 0.29) is 36.1 Å². The normalized spacial score (nSPS) is 19.9. The fraction of sp³-hybridized carbons (Fsp3) is 0.579. The number of nitrogens with one attached hydrogen (secondary N) is 2. The van der Waals surface area contributed by atoms with Gasteiger partial charge >= 0.3 is 0 Å². The van der Waals surface area contributed by atoms with Crippen molar-refractivity contribution in [1.82, 2.24) is 10.2 Å². The molecule has 6 heteroatoms. The molecule has 2 aliphatic rings. The van der Waals surface area contributed by atoms with Crippen LogP contribution in [0.4, 0.5) is 5.69 Å². The number of hydrogen-bond acceptors (Lipinski definition) is 3. The van der Waals surface area contributed by atoms with Crippen LogP contribution in [0.15, 0.2) is 24.3 Å². The van der Waals surface area contributed by atoms with Gasteiger partial charge in [-0.3, -0.25) is 9.59 Å². The summed E-state index contributed by atoms with van der Waals surface area (Å²) in [5, 5.41) is 6.37. The third-order valence-corrected chi connectivity index (χ3v) is 4.87. The molecule has 1 heterocycles. The molecule has 1 unspecified atom stereocenters. The Morgan fingerprint density at radius 3 is 2.64 bits per heavy atom. The van der Waals surface area contributed by atoms with Crippen LogP contribution in [0.3, 0.4) is 0 Å². The Balaban J connectivity index is 0.00000225. The van der Waals surface area contributed by atoms with Gasteiger partial charge in [-0.25, -0.2) is 0 Å². The van der Waals surface area contributed by atoms with Crippen molar-refractivity contribution >= 4 is 29.9 Å². The zero-order chi connectivity index (χ0) is 16.9. The van der Waals surface area contributed by atoms with Crippen molar-refractivity contribution in [3.63, 3.8) is 0 Å². The molecule has 0 radical (unpaired) electrons. The summed E-state index contributed by atoms with van der Waals surface area (Å²) in [6.07, 6.45) is 3.80. The summed E-state index contributed by atoms with van der Waals surface area (Å²) in [6.45, 7) is 5.06. The molecule has 1 saturated carbocycles. The van der Waals surface area contributed by atoms with Crippen LogP contribution in [-0.4, -0.2) is 36.3 Å². The summed E-state index contributed by atoms with van der Waals surface area (Å²) < 4.78 is 0. The Morgan fingerprint density at radius 2 is 1.92 bits per heavy atom. The van der Waals surface area contributed by atoms with E-state index in [0.29, 0.717) is 6.54 Å². The van der Waals surface area contributed by atoms with E-state index in [1.54, 1.807) is 0 Å². The van der Waals surface area contributed by atoms with Crippen LogP contribution in [0, 0.1) is 11.8 Å². The van der Waals surface area contributed by atoms with Crippen molar-refractivity contribution in [2.24, 2.45) is 11.8 Å². The van der Waals surface area contributed by atoms with E-state index in [1.165, 1.54) is 0 Å². The molecule has 1 aromatic carbocycles. The monoisotopic (exact) mass is 365 g/mol. The number of hydrogen-bond donors (Lipinski definition) is 2. The quantitative estimate of drug-likeness (QED) is 0.814. The van der Waals surface area contributed by atoms with Gasteiger partial charge in [0.15, 0.2) is 0 Å². The fourth-order valence-corrected chi connectivity index (χ4v) is 3.27. The van der Waals surface area contributed by atoms with Gasteiger partial charge in [-0.05, 0) is 43.9 Å². The van der Waals surface area contributed by atoms with Crippen LogP contribution >= 0.6 is 12.4 Å². The number of amides is 2. The third-order valence-electron chi connectivity index (χ3n) is 4.87. The molecule has 2 fully saturated rings. The largest absolute Gasteiger partial charge is 0.342 e. The highest BCUT2D eigenvalue weighted by Crippen LogP contribution is 2.32. The van der Waals surface area contributed by atoms with Crippen LogP contribution < -0.4 is 10.6 Å². The number of halogens is 1. The lowest BCUT2D eigenvalue weighted by Crippen LogP contribution is -2.44. The number of carbonyl (C=O) groups is 2. The molecule has 2 N–H and O–H groups in total. The van der Waals surface area contributed by atoms with Crippen LogP contribution in [0.1, 0.15) is 38.2 Å². The Morgan fingerprint density at radius 1 is 1.16 bits per heavy atom. The molecule has 1 aliphatic carbocycles. The number of nitrogens with zero attached hydrogens (tertiary/aromatic N) is 1. The maximum Gasteiger partial charge on any atom is 0.229 e. The average molecular weight is 366 g/mol. The SMILES string of the molecule is CCNCc1ccccc1NC(=O)C1CCCN(C(=O)C2CC2)C1.Cl. The van der Waals surface area contributed by atoms with Gasteiger partial charge in [0.1, 0.15) is 0 Å². The number of para-hydroxylation sites is 1. The molecule has 25 heavy (non-hydrogen) atoms. The molecule has 1 aliphatic heterocycles. The second-order valence-electron chi connectivity index (χ2n) is 6.82. The minimum atomic E-state index is -0.103. The topological polar surface area (TPSA) is 61.4 Å². The standard InChI is InChI=1S/C19H27N3O2.ClH/c1-2-20-12-15-6-3-4-8-17(15)21-18(23)16-7-5-11-22(13-16)19(24)14-9-10-14;/h3-4,6,8,14,16,20H,2,5,7,9-13H2,1H3,(H,21,23);1H. The first kappa shape index (κ1) is 19.7. The minimum absolute atomic E-state index is 0. The predicted molar refractivity (Wildman–Crippen MR) is 102 cm³/mol. The first-order chi connectivity index (χ1) is 11.7. The summed E-state index contributed by atoms with van der Waals surface area (Å²) in [5.41, 5.74) is 1.96. The van der Waals surface area contributed by atoms with E-state index in [1.807, 2.05) is 29.2 Å². The highest BCUT2D eigenvalue weighted by molar-refractivity contribution is 5.94. The summed E-state index contributed by atoms with van der Waals surface area (Å²) >= 11 is 0. The molecule has 0 aromatic heterocycles. The van der Waals surface area contributed by atoms with Gasteiger partial charge in [0.05, 0.1) is 5.92 Å². The first-order valence-corrected chi connectivity index (χ1v) is 9.07. The summed E-state index contributed by atoms with van der Waals surface area (Å²) in [5.74, 6) is 0.411. The minimum Gasteiger partial charge on any atom is -0.342 e. The van der Waals surface area contributed by atoms with Crippen molar-refractivity contribution in [1.29, 1.82) is 0 Å². The highest BCUT2D eigenvalue weighted by atomic mass is 35.5. The maximum atomic E-state index is 12.7. The van der Waals surface area contributed by atoms with Gasteiger partial charge in [-0.2, -0.15) is 0 Å². The predicted octanol–water partition coefficient (Wildman–Crippen LogP) is 2.81. The fourth-order valence-electron chi connectivity index (χ4n) is 3.27. The Labute approximate surface area is 155 Å². The molecule has 1 atom stereocenters. The third kappa shape index (κ3) is 5.19. The van der Waals surface area contributed by atoms with Crippen molar-refractivity contribution in [3.8, 4) is 0 Å². The van der Waals surface area contributed by atoms with Gasteiger partial charge in [0, 0.05) is 31.2 Å². The van der Waals surface area contributed by atoms with Gasteiger partial charge in [0.2, 0.25) is 11.8 Å². The molecule has 0 bridgehead atoms. The summed E-state index contributed by atoms with van der Waals surface area (Å²) in [6, 6.07) is 7.90. The lowest BCUT2D eigenvalue weighted by molar-refractivity contribution is -0.135. The average Bonchev–Trinajstić information content (AvgIpc) is 3.45. The van der Waals surface area contributed by atoms with Crippen LogP contribution in [-0.2, 0) is 16.1 Å². The van der Waals surface area contributed by atoms with E-state index in [2.05, 4.69) is 17.6 Å². The number of anilines is 1. The second-order valence-corrected chi connectivity index (χ2v) is 6.82. The van der Waals surface area contributed by atoms with Gasteiger partial charge in [-0.15, -0.1) is 12.4 Å². The molecule has 138 valence electrons.